The van der Waals surface area contributed by atoms with Crippen LogP contribution in [0.1, 0.15) is 48.2 Å². The predicted octanol–water partition coefficient (Wildman–Crippen LogP) is 3.85. The third-order valence-electron chi connectivity index (χ3n) is 2.98. The zero-order valence-corrected chi connectivity index (χ0v) is 10.8. The van der Waals surface area contributed by atoms with E-state index in [4.69, 9.17) is 0 Å². The Balaban J connectivity index is 2.25. The van der Waals surface area contributed by atoms with Crippen molar-refractivity contribution in [1.29, 1.82) is 0 Å². The molecule has 0 aliphatic heterocycles. The smallest absolute Gasteiger partial charge is 0.163 e. The minimum Gasteiger partial charge on any atom is -0.294 e. The molecule has 0 unspecified atom stereocenters. The van der Waals surface area contributed by atoms with E-state index in [-0.39, 0.29) is 0 Å². The largest absolute Gasteiger partial charge is 0.294 e. The number of hydrogen-bond acceptors (Lipinski definition) is 2. The van der Waals surface area contributed by atoms with E-state index >= 15 is 0 Å². The molecule has 0 aromatic heterocycles. The average Bonchev–Trinajstić information content (AvgIpc) is 2.27. The van der Waals surface area contributed by atoms with Crippen LogP contribution in [-0.4, -0.2) is 11.0 Å². The molecular weight excluding hydrogens is 216 g/mol. The van der Waals surface area contributed by atoms with E-state index in [1.54, 1.807) is 0 Å². The van der Waals surface area contributed by atoms with Crippen molar-refractivity contribution in [2.45, 2.75) is 44.1 Å². The molecule has 0 heterocycles. The highest BCUT2D eigenvalue weighted by Gasteiger charge is 2.19. The van der Waals surface area contributed by atoms with Crippen molar-refractivity contribution in [2.75, 3.05) is 0 Å². The molecule has 0 radical (unpaired) electrons. The molecule has 2 heteroatoms. The van der Waals surface area contributed by atoms with E-state index < -0.39 is 0 Å². The molecule has 0 saturated heterocycles. The summed E-state index contributed by atoms with van der Waals surface area (Å²) < 4.78 is 0. The number of thioether (sulfide) groups is 1. The molecule has 0 fully saturated rings. The molecule has 1 aliphatic carbocycles. The quantitative estimate of drug-likeness (QED) is 0.790. The molecule has 0 bridgehead atoms. The summed E-state index contributed by atoms with van der Waals surface area (Å²) in [5, 5.41) is 0.648. The lowest BCUT2D eigenvalue weighted by molar-refractivity contribution is 0.0972. The molecular formula is C14H18OS. The first-order chi connectivity index (χ1) is 7.68. The molecule has 0 amide bonds. The fourth-order valence-corrected chi connectivity index (χ4v) is 2.93. The molecule has 0 N–H and O–H groups in total. The maximum absolute atomic E-state index is 11.8. The first-order valence-corrected chi connectivity index (χ1v) is 6.99. The third-order valence-corrected chi connectivity index (χ3v) is 4.12. The molecule has 1 nitrogen and oxygen atoms in total. The van der Waals surface area contributed by atoms with Crippen LogP contribution < -0.4 is 0 Å². The van der Waals surface area contributed by atoms with Crippen LogP contribution in [-0.2, 0) is 12.2 Å². The van der Waals surface area contributed by atoms with E-state index in [9.17, 15) is 4.79 Å². The number of fused-ring (bicyclic) bond motifs is 1. The zero-order valence-electron chi connectivity index (χ0n) is 9.95. The van der Waals surface area contributed by atoms with Gasteiger partial charge in [0.05, 0.1) is 0 Å². The molecule has 1 aromatic carbocycles. The van der Waals surface area contributed by atoms with Crippen LogP contribution in [0.15, 0.2) is 18.2 Å². The van der Waals surface area contributed by atoms with Crippen molar-refractivity contribution < 1.29 is 4.79 Å². The van der Waals surface area contributed by atoms with Gasteiger partial charge < -0.3 is 0 Å². The molecule has 0 saturated carbocycles. The van der Waals surface area contributed by atoms with Gasteiger partial charge in [-0.05, 0) is 29.2 Å². The molecule has 0 spiro atoms. The molecule has 16 heavy (non-hydrogen) atoms. The van der Waals surface area contributed by atoms with Crippen molar-refractivity contribution in [1.82, 2.24) is 0 Å². The van der Waals surface area contributed by atoms with E-state index in [0.29, 0.717) is 11.0 Å². The lowest BCUT2D eigenvalue weighted by Crippen LogP contribution is -2.12. The molecule has 2 rings (SSSR count). The van der Waals surface area contributed by atoms with Crippen LogP contribution in [0.4, 0.5) is 0 Å². The van der Waals surface area contributed by atoms with Crippen molar-refractivity contribution in [2.24, 2.45) is 0 Å². The van der Waals surface area contributed by atoms with Crippen molar-refractivity contribution >= 4 is 17.5 Å². The number of carbonyl (C=O) groups is 1. The van der Waals surface area contributed by atoms with Gasteiger partial charge in [-0.2, -0.15) is 11.8 Å². The lowest BCUT2D eigenvalue weighted by atomic mass is 9.88. The van der Waals surface area contributed by atoms with Gasteiger partial charge in [-0.3, -0.25) is 4.79 Å². The van der Waals surface area contributed by atoms with Gasteiger partial charge in [0, 0.05) is 17.7 Å². The summed E-state index contributed by atoms with van der Waals surface area (Å²) in [6.07, 6.45) is 2.83. The summed E-state index contributed by atoms with van der Waals surface area (Å²) in [5.74, 6) is 1.37. The lowest BCUT2D eigenvalue weighted by Gasteiger charge is -2.18. The Bertz CT molecular complexity index is 396. The van der Waals surface area contributed by atoms with Gasteiger partial charge >= 0.3 is 0 Å². The second kappa shape index (κ2) is 5.05. The molecule has 1 aliphatic rings. The van der Waals surface area contributed by atoms with E-state index in [0.717, 1.165) is 30.6 Å². The Kier molecular flexibility index (Phi) is 3.70. The minimum absolute atomic E-state index is 0.331. The standard InChI is InChI=1S/C14H18OS/c1-10(2)16-9-11-5-3-7-13-12(11)6-4-8-14(13)15/h3,5,7,10H,4,6,8-9H2,1-2H3. The van der Waals surface area contributed by atoms with Gasteiger partial charge in [0.15, 0.2) is 5.78 Å². The highest BCUT2D eigenvalue weighted by molar-refractivity contribution is 7.99. The van der Waals surface area contributed by atoms with Crippen molar-refractivity contribution in [3.05, 3.63) is 34.9 Å². The number of Topliss-reactive ketones (excluding diaryl/α,β-unsaturated/α-hetero) is 1. The maximum Gasteiger partial charge on any atom is 0.163 e. The Labute approximate surface area is 102 Å². The van der Waals surface area contributed by atoms with Crippen molar-refractivity contribution in [3.8, 4) is 0 Å². The van der Waals surface area contributed by atoms with Gasteiger partial charge in [0.25, 0.3) is 0 Å². The molecule has 0 atom stereocenters. The summed E-state index contributed by atoms with van der Waals surface area (Å²) in [5.41, 5.74) is 3.66. The molecule has 1 aromatic rings. The first-order valence-electron chi connectivity index (χ1n) is 5.94. The second-order valence-corrected chi connectivity index (χ2v) is 6.14. The number of ketones is 1. The number of hydrogen-bond donors (Lipinski definition) is 0. The van der Waals surface area contributed by atoms with E-state index in [1.165, 1.54) is 11.1 Å². The van der Waals surface area contributed by atoms with Crippen LogP contribution >= 0.6 is 11.8 Å². The number of rotatable bonds is 3. The monoisotopic (exact) mass is 234 g/mol. The van der Waals surface area contributed by atoms with Crippen LogP contribution in [0, 0.1) is 0 Å². The van der Waals surface area contributed by atoms with Crippen LogP contribution in [0.25, 0.3) is 0 Å². The summed E-state index contributed by atoms with van der Waals surface area (Å²) in [6.45, 7) is 4.43. The highest BCUT2D eigenvalue weighted by Crippen LogP contribution is 2.28. The van der Waals surface area contributed by atoms with Gasteiger partial charge in [0.1, 0.15) is 0 Å². The van der Waals surface area contributed by atoms with Crippen molar-refractivity contribution in [3.63, 3.8) is 0 Å². The van der Waals surface area contributed by atoms with Crippen LogP contribution in [0.2, 0.25) is 0 Å². The van der Waals surface area contributed by atoms with E-state index in [1.807, 2.05) is 23.9 Å². The summed E-state index contributed by atoms with van der Waals surface area (Å²) >= 11 is 1.95. The number of carbonyl (C=O) groups excluding carboxylic acids is 1. The normalized spacial score (nSPS) is 15.3. The Morgan fingerprint density at radius 3 is 2.88 bits per heavy atom. The summed E-state index contributed by atoms with van der Waals surface area (Å²) in [7, 11) is 0. The predicted molar refractivity (Wildman–Crippen MR) is 70.1 cm³/mol. The highest BCUT2D eigenvalue weighted by atomic mass is 32.2. The Morgan fingerprint density at radius 2 is 2.12 bits per heavy atom. The molecule has 86 valence electrons. The van der Waals surface area contributed by atoms with Gasteiger partial charge in [-0.15, -0.1) is 0 Å². The zero-order chi connectivity index (χ0) is 11.5. The first kappa shape index (κ1) is 11.7. The van der Waals surface area contributed by atoms with Gasteiger partial charge in [0.2, 0.25) is 0 Å². The van der Waals surface area contributed by atoms with Crippen LogP contribution in [0.3, 0.4) is 0 Å². The van der Waals surface area contributed by atoms with Crippen LogP contribution in [0.5, 0.6) is 0 Å². The summed E-state index contributed by atoms with van der Waals surface area (Å²) in [6, 6.07) is 6.19. The third kappa shape index (κ3) is 2.49. The average molecular weight is 234 g/mol. The summed E-state index contributed by atoms with van der Waals surface area (Å²) in [4.78, 5) is 11.8. The van der Waals surface area contributed by atoms with Gasteiger partial charge in [-0.1, -0.05) is 32.0 Å². The number of benzene rings is 1. The Morgan fingerprint density at radius 1 is 1.31 bits per heavy atom. The fraction of sp³-hybridized carbons (Fsp3) is 0.500. The maximum atomic E-state index is 11.8. The Hall–Kier alpha value is -0.760. The topological polar surface area (TPSA) is 17.1 Å². The van der Waals surface area contributed by atoms with E-state index in [2.05, 4.69) is 19.9 Å². The fourth-order valence-electron chi connectivity index (χ4n) is 2.14. The van der Waals surface area contributed by atoms with Gasteiger partial charge in [-0.25, -0.2) is 0 Å². The second-order valence-electron chi connectivity index (χ2n) is 4.58. The SMILES string of the molecule is CC(C)SCc1cccc2c1CCCC2=O. The minimum atomic E-state index is 0.331.